The molecular weight excluding hydrogens is 320 g/mol. The number of carbonyl (C=O) groups is 1. The molecule has 2 aromatic heterocycles. The summed E-state index contributed by atoms with van der Waals surface area (Å²) in [5.74, 6) is 0. The second-order valence-corrected chi connectivity index (χ2v) is 5.23. The average Bonchev–Trinajstić information content (AvgIpc) is 3.04. The first-order chi connectivity index (χ1) is 9.69. The molecule has 0 aliphatic heterocycles. The van der Waals surface area contributed by atoms with Crippen LogP contribution in [0.1, 0.15) is 10.4 Å². The van der Waals surface area contributed by atoms with Crippen LogP contribution in [-0.4, -0.2) is 25.8 Å². The predicted molar refractivity (Wildman–Crippen MR) is 78.9 cm³/mol. The Morgan fingerprint density at radius 2 is 2.15 bits per heavy atom. The number of hydrogen-bond donors (Lipinski definition) is 0. The molecule has 0 saturated heterocycles. The molecule has 0 amide bonds. The van der Waals surface area contributed by atoms with Crippen molar-refractivity contribution >= 4 is 22.2 Å². The molecule has 3 rings (SSSR count). The van der Waals surface area contributed by atoms with E-state index in [1.807, 2.05) is 37.4 Å². The Hall–Kier alpha value is -2.21. The minimum absolute atomic E-state index is 0.536. The summed E-state index contributed by atoms with van der Waals surface area (Å²) in [5, 5.41) is 8.61. The van der Waals surface area contributed by atoms with E-state index in [2.05, 4.69) is 26.1 Å². The van der Waals surface area contributed by atoms with E-state index in [1.165, 1.54) is 0 Å². The zero-order valence-corrected chi connectivity index (χ0v) is 12.3. The predicted octanol–water partition coefficient (Wildman–Crippen LogP) is 2.85. The minimum Gasteiger partial charge on any atom is -0.298 e. The first kappa shape index (κ1) is 12.8. The van der Waals surface area contributed by atoms with E-state index >= 15 is 0 Å². The summed E-state index contributed by atoms with van der Waals surface area (Å²) in [6, 6.07) is 9.57. The Morgan fingerprint density at radius 1 is 1.30 bits per heavy atom. The molecule has 0 N–H and O–H groups in total. The molecule has 1 aromatic carbocycles. The van der Waals surface area contributed by atoms with Crippen LogP contribution in [0.3, 0.4) is 0 Å². The van der Waals surface area contributed by atoms with E-state index < -0.39 is 0 Å². The van der Waals surface area contributed by atoms with Crippen LogP contribution in [0, 0.1) is 0 Å². The number of carbonyl (C=O) groups excluding carboxylic acids is 1. The Balaban J connectivity index is 2.14. The number of aryl methyl sites for hydroxylation is 1. The van der Waals surface area contributed by atoms with Gasteiger partial charge in [-0.2, -0.15) is 10.2 Å². The molecule has 0 fully saturated rings. The quantitative estimate of drug-likeness (QED) is 0.694. The van der Waals surface area contributed by atoms with Crippen molar-refractivity contribution in [2.75, 3.05) is 0 Å². The summed E-state index contributed by atoms with van der Waals surface area (Å²) in [7, 11) is 1.82. The van der Waals surface area contributed by atoms with Gasteiger partial charge in [0.15, 0.2) is 6.29 Å². The molecule has 5 nitrogen and oxygen atoms in total. The maximum absolute atomic E-state index is 11.3. The normalized spacial score (nSPS) is 10.7. The second-order valence-electron chi connectivity index (χ2n) is 4.32. The van der Waals surface area contributed by atoms with Crippen LogP contribution in [0.15, 0.2) is 47.2 Å². The number of rotatable bonds is 3. The maximum atomic E-state index is 11.3. The lowest BCUT2D eigenvalue weighted by atomic mass is 10.2. The van der Waals surface area contributed by atoms with Gasteiger partial charge < -0.3 is 0 Å². The molecule has 6 heteroatoms. The Kier molecular flexibility index (Phi) is 3.23. The van der Waals surface area contributed by atoms with Gasteiger partial charge in [0.1, 0.15) is 5.69 Å². The van der Waals surface area contributed by atoms with Crippen LogP contribution >= 0.6 is 15.9 Å². The fourth-order valence-corrected chi connectivity index (χ4v) is 2.42. The van der Waals surface area contributed by atoms with Gasteiger partial charge in [-0.15, -0.1) is 0 Å². The highest BCUT2D eigenvalue weighted by Gasteiger charge is 2.14. The van der Waals surface area contributed by atoms with Crippen molar-refractivity contribution < 1.29 is 4.79 Å². The van der Waals surface area contributed by atoms with Gasteiger partial charge in [-0.1, -0.05) is 22.0 Å². The smallest absolute Gasteiger partial charge is 0.153 e. The zero-order chi connectivity index (χ0) is 14.1. The largest absolute Gasteiger partial charge is 0.298 e. The molecule has 0 atom stereocenters. The van der Waals surface area contributed by atoms with Crippen molar-refractivity contribution in [3.05, 3.63) is 52.8 Å². The minimum atomic E-state index is 0.536. The molecule has 20 heavy (non-hydrogen) atoms. The average molecular weight is 331 g/mol. The third-order valence-electron chi connectivity index (χ3n) is 3.01. The first-order valence-electron chi connectivity index (χ1n) is 5.98. The lowest BCUT2D eigenvalue weighted by molar-refractivity contribution is 0.112. The van der Waals surface area contributed by atoms with Gasteiger partial charge >= 0.3 is 0 Å². The lowest BCUT2D eigenvalue weighted by Gasteiger charge is -2.01. The monoisotopic (exact) mass is 330 g/mol. The highest BCUT2D eigenvalue weighted by atomic mass is 79.9. The number of nitrogens with zero attached hydrogens (tertiary/aromatic N) is 4. The molecule has 3 aromatic rings. The summed E-state index contributed by atoms with van der Waals surface area (Å²) in [4.78, 5) is 11.3. The SMILES string of the molecule is Cn1nccc1-c1nn(-c2cccc(Br)c2)cc1C=O. The van der Waals surface area contributed by atoms with Crippen LogP contribution in [0.4, 0.5) is 0 Å². The van der Waals surface area contributed by atoms with Crippen molar-refractivity contribution in [1.29, 1.82) is 0 Å². The van der Waals surface area contributed by atoms with Gasteiger partial charge in [0, 0.05) is 23.9 Å². The van der Waals surface area contributed by atoms with Crippen molar-refractivity contribution in [3.8, 4) is 17.1 Å². The number of aromatic nitrogens is 4. The van der Waals surface area contributed by atoms with Gasteiger partial charge in [0.05, 0.1) is 16.9 Å². The van der Waals surface area contributed by atoms with Crippen molar-refractivity contribution in [2.24, 2.45) is 7.05 Å². The summed E-state index contributed by atoms with van der Waals surface area (Å²) in [6.07, 6.45) is 4.21. The van der Waals surface area contributed by atoms with Crippen LogP contribution in [0.25, 0.3) is 17.1 Å². The lowest BCUT2D eigenvalue weighted by Crippen LogP contribution is -1.97. The number of halogens is 1. The molecule has 100 valence electrons. The summed E-state index contributed by atoms with van der Waals surface area (Å²) >= 11 is 3.43. The van der Waals surface area contributed by atoms with Crippen molar-refractivity contribution in [1.82, 2.24) is 19.6 Å². The summed E-state index contributed by atoms with van der Waals surface area (Å²) < 4.78 is 4.34. The highest BCUT2D eigenvalue weighted by Crippen LogP contribution is 2.22. The topological polar surface area (TPSA) is 52.7 Å². The molecular formula is C14H11BrN4O. The molecule has 0 spiro atoms. The van der Waals surface area contributed by atoms with E-state index in [-0.39, 0.29) is 0 Å². The fourth-order valence-electron chi connectivity index (χ4n) is 2.03. The van der Waals surface area contributed by atoms with Crippen molar-refractivity contribution in [2.45, 2.75) is 0 Å². The third kappa shape index (κ3) is 2.18. The summed E-state index contributed by atoms with van der Waals surface area (Å²) in [5.41, 5.74) is 2.85. The van der Waals surface area contributed by atoms with E-state index in [0.717, 1.165) is 22.1 Å². The van der Waals surface area contributed by atoms with Gasteiger partial charge in [-0.3, -0.25) is 9.48 Å². The number of aldehydes is 1. The van der Waals surface area contributed by atoms with Crippen LogP contribution in [0.5, 0.6) is 0 Å². The maximum Gasteiger partial charge on any atom is 0.153 e. The molecule has 0 aliphatic rings. The second kappa shape index (κ2) is 5.05. The van der Waals surface area contributed by atoms with Gasteiger partial charge in [0.2, 0.25) is 0 Å². The molecule has 0 unspecified atom stereocenters. The number of hydrogen-bond acceptors (Lipinski definition) is 3. The Labute approximate surface area is 124 Å². The molecule has 0 saturated carbocycles. The Bertz CT molecular complexity index is 775. The number of benzene rings is 1. The zero-order valence-electron chi connectivity index (χ0n) is 10.7. The van der Waals surface area contributed by atoms with E-state index in [0.29, 0.717) is 11.3 Å². The van der Waals surface area contributed by atoms with Crippen LogP contribution in [0.2, 0.25) is 0 Å². The molecule has 0 radical (unpaired) electrons. The molecule has 2 heterocycles. The summed E-state index contributed by atoms with van der Waals surface area (Å²) in [6.45, 7) is 0. The highest BCUT2D eigenvalue weighted by molar-refractivity contribution is 9.10. The van der Waals surface area contributed by atoms with E-state index in [4.69, 9.17) is 0 Å². The standard InChI is InChI=1S/C14H11BrN4O/c1-18-13(5-6-16-18)14-10(9-20)8-19(17-14)12-4-2-3-11(15)7-12/h2-9H,1H3. The van der Waals surface area contributed by atoms with Crippen LogP contribution < -0.4 is 0 Å². The van der Waals surface area contributed by atoms with E-state index in [1.54, 1.807) is 21.8 Å². The van der Waals surface area contributed by atoms with Gasteiger partial charge in [-0.25, -0.2) is 4.68 Å². The van der Waals surface area contributed by atoms with Gasteiger partial charge in [0.25, 0.3) is 0 Å². The molecule has 0 bridgehead atoms. The van der Waals surface area contributed by atoms with Crippen LogP contribution in [-0.2, 0) is 7.05 Å². The van der Waals surface area contributed by atoms with E-state index in [9.17, 15) is 4.79 Å². The van der Waals surface area contributed by atoms with Crippen molar-refractivity contribution in [3.63, 3.8) is 0 Å². The first-order valence-corrected chi connectivity index (χ1v) is 6.77. The van der Waals surface area contributed by atoms with Gasteiger partial charge in [-0.05, 0) is 24.3 Å². The fraction of sp³-hybridized carbons (Fsp3) is 0.0714. The third-order valence-corrected chi connectivity index (χ3v) is 3.50. The molecule has 0 aliphatic carbocycles. The Morgan fingerprint density at radius 3 is 2.80 bits per heavy atom.